The normalized spacial score (nSPS) is 10.5. The number of rotatable bonds is 6. The highest BCUT2D eigenvalue weighted by Crippen LogP contribution is 2.29. The van der Waals surface area contributed by atoms with Crippen LogP contribution in [-0.4, -0.2) is 11.5 Å². The molecular weight excluding hydrogens is 340 g/mol. The largest absolute Gasteiger partial charge is 0.366 e. The molecule has 6 heteroatoms. The van der Waals surface area contributed by atoms with Gasteiger partial charge in [-0.3, -0.25) is 10.1 Å². The molecule has 20 heavy (non-hydrogen) atoms. The van der Waals surface area contributed by atoms with Gasteiger partial charge in [0.1, 0.15) is 0 Å². The van der Waals surface area contributed by atoms with Gasteiger partial charge in [0.25, 0.3) is 5.69 Å². The smallest absolute Gasteiger partial charge is 0.269 e. The summed E-state index contributed by atoms with van der Waals surface area (Å²) < 4.78 is 0. The molecule has 1 heterocycles. The van der Waals surface area contributed by atoms with Gasteiger partial charge in [0.15, 0.2) is 0 Å². The number of nitro benzene ring substituents is 1. The van der Waals surface area contributed by atoms with E-state index in [1.807, 2.05) is 12.1 Å². The second-order valence-electron chi connectivity index (χ2n) is 4.30. The highest BCUT2D eigenvalue weighted by Gasteiger charge is 2.14. The maximum atomic E-state index is 10.9. The summed E-state index contributed by atoms with van der Waals surface area (Å²) in [5.74, 6) is 0. The molecule has 0 radical (unpaired) electrons. The van der Waals surface area contributed by atoms with E-state index in [1.54, 1.807) is 23.5 Å². The molecule has 0 unspecified atom stereocenters. The summed E-state index contributed by atoms with van der Waals surface area (Å²) in [5.41, 5.74) is 2.12. The summed E-state index contributed by atoms with van der Waals surface area (Å²) >= 11 is 5.14. The Hall–Kier alpha value is -1.40. The Morgan fingerprint density at radius 1 is 1.40 bits per heavy atom. The number of hydrogen-bond donors (Lipinski definition) is 0. The molecule has 1 aromatic heterocycles. The van der Waals surface area contributed by atoms with E-state index in [2.05, 4.69) is 39.2 Å². The maximum absolute atomic E-state index is 10.9. The number of benzene rings is 1. The molecule has 0 aliphatic carbocycles. The van der Waals surface area contributed by atoms with Gasteiger partial charge in [-0.25, -0.2) is 0 Å². The lowest BCUT2D eigenvalue weighted by molar-refractivity contribution is -0.384. The van der Waals surface area contributed by atoms with Crippen molar-refractivity contribution < 1.29 is 4.92 Å². The Morgan fingerprint density at radius 2 is 2.20 bits per heavy atom. The number of nitro groups is 1. The molecule has 0 fully saturated rings. The number of alkyl halides is 1. The standard InChI is InChI=1S/C14H15BrN2O2S/c1-2-16(10-13-4-3-7-20-13)14-6-5-12(17(18)19)8-11(14)9-15/h3-8H,2,9-10H2,1H3. The molecular formula is C14H15BrN2O2S. The quantitative estimate of drug-likeness (QED) is 0.433. The lowest BCUT2D eigenvalue weighted by Gasteiger charge is -2.24. The molecule has 2 rings (SSSR count). The SMILES string of the molecule is CCN(Cc1cccs1)c1ccc([N+](=O)[O-])cc1CBr. The van der Waals surface area contributed by atoms with Crippen molar-refractivity contribution in [3.63, 3.8) is 0 Å². The van der Waals surface area contributed by atoms with Crippen LogP contribution in [0.3, 0.4) is 0 Å². The van der Waals surface area contributed by atoms with Crippen LogP contribution in [0, 0.1) is 10.1 Å². The van der Waals surface area contributed by atoms with Crippen molar-refractivity contribution in [2.45, 2.75) is 18.8 Å². The van der Waals surface area contributed by atoms with Gasteiger partial charge in [0.2, 0.25) is 0 Å². The molecule has 0 bridgehead atoms. The van der Waals surface area contributed by atoms with Gasteiger partial charge in [-0.15, -0.1) is 11.3 Å². The van der Waals surface area contributed by atoms with E-state index in [-0.39, 0.29) is 10.6 Å². The number of hydrogen-bond acceptors (Lipinski definition) is 4. The van der Waals surface area contributed by atoms with E-state index >= 15 is 0 Å². The second kappa shape index (κ2) is 6.85. The Morgan fingerprint density at radius 3 is 2.75 bits per heavy atom. The van der Waals surface area contributed by atoms with Crippen LogP contribution in [0.4, 0.5) is 11.4 Å². The minimum atomic E-state index is -0.356. The number of non-ortho nitro benzene ring substituents is 1. The molecule has 106 valence electrons. The number of halogens is 1. The predicted molar refractivity (Wildman–Crippen MR) is 86.8 cm³/mol. The minimum absolute atomic E-state index is 0.135. The fourth-order valence-corrected chi connectivity index (χ4v) is 3.23. The molecule has 2 aromatic rings. The van der Waals surface area contributed by atoms with Crippen molar-refractivity contribution >= 4 is 38.6 Å². The van der Waals surface area contributed by atoms with E-state index in [0.717, 1.165) is 24.3 Å². The molecule has 0 atom stereocenters. The molecule has 0 N–H and O–H groups in total. The van der Waals surface area contributed by atoms with Crippen molar-refractivity contribution in [3.05, 3.63) is 56.3 Å². The minimum Gasteiger partial charge on any atom is -0.366 e. The van der Waals surface area contributed by atoms with Gasteiger partial charge in [0.05, 0.1) is 11.5 Å². The molecule has 0 amide bonds. The molecule has 0 saturated carbocycles. The van der Waals surface area contributed by atoms with Crippen molar-refractivity contribution in [1.29, 1.82) is 0 Å². The highest BCUT2D eigenvalue weighted by molar-refractivity contribution is 9.08. The molecule has 1 aromatic carbocycles. The fourth-order valence-electron chi connectivity index (χ4n) is 2.06. The van der Waals surface area contributed by atoms with Crippen LogP contribution >= 0.6 is 27.3 Å². The van der Waals surface area contributed by atoms with Crippen molar-refractivity contribution in [1.82, 2.24) is 0 Å². The van der Waals surface area contributed by atoms with E-state index in [4.69, 9.17) is 0 Å². The van der Waals surface area contributed by atoms with Crippen LogP contribution < -0.4 is 4.90 Å². The third kappa shape index (κ3) is 3.37. The monoisotopic (exact) mass is 354 g/mol. The topological polar surface area (TPSA) is 46.4 Å². The third-order valence-electron chi connectivity index (χ3n) is 3.07. The number of anilines is 1. The molecule has 0 spiro atoms. The first-order chi connectivity index (χ1) is 9.65. The van der Waals surface area contributed by atoms with E-state index in [9.17, 15) is 10.1 Å². The Kier molecular flexibility index (Phi) is 5.14. The maximum Gasteiger partial charge on any atom is 0.269 e. The Balaban J connectivity index is 2.31. The zero-order valence-electron chi connectivity index (χ0n) is 11.1. The lowest BCUT2D eigenvalue weighted by atomic mass is 10.1. The predicted octanol–water partition coefficient (Wildman–Crippen LogP) is 4.58. The fraction of sp³-hybridized carbons (Fsp3) is 0.286. The Bertz CT molecular complexity index is 587. The molecule has 0 aliphatic heterocycles. The summed E-state index contributed by atoms with van der Waals surface area (Å²) in [4.78, 5) is 14.0. The van der Waals surface area contributed by atoms with Gasteiger partial charge in [-0.05, 0) is 30.0 Å². The van der Waals surface area contributed by atoms with Gasteiger partial charge < -0.3 is 4.90 Å². The van der Waals surface area contributed by atoms with Crippen LogP contribution in [0.15, 0.2) is 35.7 Å². The zero-order chi connectivity index (χ0) is 14.5. The van der Waals surface area contributed by atoms with Crippen LogP contribution in [0.5, 0.6) is 0 Å². The first-order valence-electron chi connectivity index (χ1n) is 6.26. The summed E-state index contributed by atoms with van der Waals surface area (Å²) in [5, 5.41) is 13.5. The third-order valence-corrected chi connectivity index (χ3v) is 4.53. The van der Waals surface area contributed by atoms with Gasteiger partial charge >= 0.3 is 0 Å². The van der Waals surface area contributed by atoms with Crippen molar-refractivity contribution in [2.75, 3.05) is 11.4 Å². The van der Waals surface area contributed by atoms with E-state index < -0.39 is 0 Å². The summed E-state index contributed by atoms with van der Waals surface area (Å²) in [6.07, 6.45) is 0. The average Bonchev–Trinajstić information content (AvgIpc) is 2.97. The first kappa shape index (κ1) is 15.0. The van der Waals surface area contributed by atoms with Crippen LogP contribution in [-0.2, 0) is 11.9 Å². The number of thiophene rings is 1. The number of nitrogens with zero attached hydrogens (tertiary/aromatic N) is 2. The van der Waals surface area contributed by atoms with Gasteiger partial charge in [-0.2, -0.15) is 0 Å². The van der Waals surface area contributed by atoms with Gasteiger partial charge in [0, 0.05) is 34.6 Å². The molecule has 0 saturated heterocycles. The summed E-state index contributed by atoms with van der Waals surface area (Å²) in [6.45, 7) is 3.77. The highest BCUT2D eigenvalue weighted by atomic mass is 79.9. The van der Waals surface area contributed by atoms with E-state index in [0.29, 0.717) is 5.33 Å². The van der Waals surface area contributed by atoms with Crippen molar-refractivity contribution in [3.8, 4) is 0 Å². The van der Waals surface area contributed by atoms with Crippen molar-refractivity contribution in [2.24, 2.45) is 0 Å². The van der Waals surface area contributed by atoms with Crippen LogP contribution in [0.1, 0.15) is 17.4 Å². The second-order valence-corrected chi connectivity index (χ2v) is 5.89. The van der Waals surface area contributed by atoms with E-state index in [1.165, 1.54) is 4.88 Å². The molecule has 0 aliphatic rings. The van der Waals surface area contributed by atoms with Crippen LogP contribution in [0.2, 0.25) is 0 Å². The lowest BCUT2D eigenvalue weighted by Crippen LogP contribution is -2.22. The zero-order valence-corrected chi connectivity index (χ0v) is 13.5. The average molecular weight is 355 g/mol. The van der Waals surface area contributed by atoms with Gasteiger partial charge in [-0.1, -0.05) is 22.0 Å². The van der Waals surface area contributed by atoms with Crippen LogP contribution in [0.25, 0.3) is 0 Å². The molecule has 4 nitrogen and oxygen atoms in total. The first-order valence-corrected chi connectivity index (χ1v) is 8.26. The summed E-state index contributed by atoms with van der Waals surface area (Å²) in [6, 6.07) is 9.19. The Labute approximate surface area is 130 Å². The summed E-state index contributed by atoms with van der Waals surface area (Å²) in [7, 11) is 0.